The molecule has 1 aliphatic rings. The first kappa shape index (κ1) is 16.0. The van der Waals surface area contributed by atoms with Crippen LogP contribution >= 0.6 is 11.3 Å². The summed E-state index contributed by atoms with van der Waals surface area (Å²) < 4.78 is 0. The van der Waals surface area contributed by atoms with Crippen molar-refractivity contribution in [3.05, 3.63) is 47.0 Å². The summed E-state index contributed by atoms with van der Waals surface area (Å²) >= 11 is 1.44. The number of thiazole rings is 1. The van der Waals surface area contributed by atoms with Crippen molar-refractivity contribution in [1.29, 1.82) is 0 Å². The molecular formula is C17H22N4OS. The van der Waals surface area contributed by atoms with Gasteiger partial charge in [-0.25, -0.2) is 9.78 Å². The van der Waals surface area contributed by atoms with E-state index in [1.54, 1.807) is 0 Å². The second-order valence-corrected chi connectivity index (χ2v) is 6.66. The summed E-state index contributed by atoms with van der Waals surface area (Å²) in [5.41, 5.74) is 2.17. The van der Waals surface area contributed by atoms with Crippen LogP contribution in [0.4, 0.5) is 9.93 Å². The first-order valence-corrected chi connectivity index (χ1v) is 8.86. The van der Waals surface area contributed by atoms with Crippen LogP contribution in [0, 0.1) is 6.92 Å². The number of carbonyl (C=O) groups is 1. The van der Waals surface area contributed by atoms with Gasteiger partial charge in [0, 0.05) is 11.9 Å². The highest BCUT2D eigenvalue weighted by Gasteiger charge is 2.23. The van der Waals surface area contributed by atoms with Gasteiger partial charge in [-0.1, -0.05) is 30.3 Å². The second-order valence-electron chi connectivity index (χ2n) is 5.80. The Hall–Kier alpha value is -1.92. The highest BCUT2D eigenvalue weighted by atomic mass is 32.1. The van der Waals surface area contributed by atoms with E-state index >= 15 is 0 Å². The van der Waals surface area contributed by atoms with Crippen molar-refractivity contribution in [2.45, 2.75) is 25.8 Å². The zero-order valence-corrected chi connectivity index (χ0v) is 14.1. The lowest BCUT2D eigenvalue weighted by atomic mass is 10.1. The lowest BCUT2D eigenvalue weighted by molar-refractivity contribution is 0.227. The van der Waals surface area contributed by atoms with Gasteiger partial charge < -0.3 is 5.32 Å². The number of aromatic nitrogens is 1. The van der Waals surface area contributed by atoms with Gasteiger partial charge in [-0.3, -0.25) is 10.2 Å². The molecule has 2 aromatic rings. The Bertz CT molecular complexity index is 637. The molecule has 1 fully saturated rings. The molecule has 3 rings (SSSR count). The molecule has 1 aromatic heterocycles. The van der Waals surface area contributed by atoms with E-state index in [1.165, 1.54) is 29.7 Å². The molecular weight excluding hydrogens is 308 g/mol. The number of likely N-dealkylation sites (tertiary alicyclic amines) is 1. The predicted molar refractivity (Wildman–Crippen MR) is 93.9 cm³/mol. The number of nitrogens with one attached hydrogen (secondary N) is 2. The Kier molecular flexibility index (Phi) is 5.25. The average Bonchev–Trinajstić information content (AvgIpc) is 3.21. The Balaban J connectivity index is 1.61. The Morgan fingerprint density at radius 3 is 2.70 bits per heavy atom. The lowest BCUT2D eigenvalue weighted by Crippen LogP contribution is -2.38. The first-order chi connectivity index (χ1) is 11.2. The molecule has 6 heteroatoms. The molecule has 1 saturated heterocycles. The van der Waals surface area contributed by atoms with Gasteiger partial charge in [0.25, 0.3) is 0 Å². The summed E-state index contributed by atoms with van der Waals surface area (Å²) in [6, 6.07) is 10.4. The van der Waals surface area contributed by atoms with Crippen LogP contribution in [0.5, 0.6) is 0 Å². The van der Waals surface area contributed by atoms with Crippen LogP contribution in [0.15, 0.2) is 35.7 Å². The monoisotopic (exact) mass is 330 g/mol. The van der Waals surface area contributed by atoms with E-state index < -0.39 is 0 Å². The number of amides is 2. The minimum atomic E-state index is -0.195. The molecule has 23 heavy (non-hydrogen) atoms. The van der Waals surface area contributed by atoms with Crippen molar-refractivity contribution in [3.63, 3.8) is 0 Å². The van der Waals surface area contributed by atoms with Gasteiger partial charge in [-0.05, 0) is 38.4 Å². The van der Waals surface area contributed by atoms with Gasteiger partial charge in [0.1, 0.15) is 0 Å². The standard InChI is InChI=1S/C17H22N4OS/c1-13-12-23-17(19-13)20-16(22)18-11-15(21-9-5-6-10-21)14-7-3-2-4-8-14/h2-4,7-8,12,15H,5-6,9-11H2,1H3,(H2,18,19,20,22). The van der Waals surface area contributed by atoms with Crippen LogP contribution in [-0.4, -0.2) is 35.5 Å². The molecule has 0 bridgehead atoms. The maximum absolute atomic E-state index is 12.1. The number of benzene rings is 1. The second kappa shape index (κ2) is 7.57. The fourth-order valence-corrected chi connectivity index (χ4v) is 3.61. The highest BCUT2D eigenvalue weighted by molar-refractivity contribution is 7.13. The summed E-state index contributed by atoms with van der Waals surface area (Å²) in [4.78, 5) is 18.8. The minimum absolute atomic E-state index is 0.195. The quantitative estimate of drug-likeness (QED) is 0.883. The van der Waals surface area contributed by atoms with Crippen LogP contribution in [0.1, 0.15) is 30.1 Å². The summed E-state index contributed by atoms with van der Waals surface area (Å²) in [7, 11) is 0. The number of carbonyl (C=O) groups excluding carboxylic acids is 1. The smallest absolute Gasteiger partial charge is 0.321 e. The largest absolute Gasteiger partial charge is 0.336 e. The number of urea groups is 1. The van der Waals surface area contributed by atoms with E-state index in [-0.39, 0.29) is 12.1 Å². The van der Waals surface area contributed by atoms with Crippen molar-refractivity contribution in [2.75, 3.05) is 25.0 Å². The molecule has 2 N–H and O–H groups in total. The summed E-state index contributed by atoms with van der Waals surface area (Å²) in [6.45, 7) is 4.70. The molecule has 0 saturated carbocycles. The third kappa shape index (κ3) is 4.30. The van der Waals surface area contributed by atoms with Crippen molar-refractivity contribution in [1.82, 2.24) is 15.2 Å². The topological polar surface area (TPSA) is 57.3 Å². The van der Waals surface area contributed by atoms with Crippen molar-refractivity contribution < 1.29 is 4.79 Å². The fraction of sp³-hybridized carbons (Fsp3) is 0.412. The number of rotatable bonds is 5. The summed E-state index contributed by atoms with van der Waals surface area (Å²) in [5.74, 6) is 0. The Morgan fingerprint density at radius 1 is 1.30 bits per heavy atom. The third-order valence-corrected chi connectivity index (χ3v) is 4.94. The number of hydrogen-bond donors (Lipinski definition) is 2. The van der Waals surface area contributed by atoms with Crippen LogP contribution in [0.3, 0.4) is 0 Å². The number of aryl methyl sites for hydroxylation is 1. The molecule has 122 valence electrons. The first-order valence-electron chi connectivity index (χ1n) is 7.98. The van der Waals surface area contributed by atoms with E-state index in [9.17, 15) is 4.79 Å². The Morgan fingerprint density at radius 2 is 2.04 bits per heavy atom. The summed E-state index contributed by atoms with van der Waals surface area (Å²) in [6.07, 6.45) is 2.46. The molecule has 1 aliphatic heterocycles. The lowest BCUT2D eigenvalue weighted by Gasteiger charge is -2.28. The fourth-order valence-electron chi connectivity index (χ4n) is 2.93. The zero-order chi connectivity index (χ0) is 16.1. The van der Waals surface area contributed by atoms with Gasteiger partial charge in [-0.2, -0.15) is 0 Å². The van der Waals surface area contributed by atoms with Gasteiger partial charge >= 0.3 is 6.03 Å². The highest BCUT2D eigenvalue weighted by Crippen LogP contribution is 2.24. The average molecular weight is 330 g/mol. The normalized spacial score (nSPS) is 16.2. The molecule has 1 aromatic carbocycles. The number of nitrogens with zero attached hydrogens (tertiary/aromatic N) is 2. The van der Waals surface area contributed by atoms with Crippen LogP contribution in [-0.2, 0) is 0 Å². The molecule has 0 radical (unpaired) electrons. The van der Waals surface area contributed by atoms with Crippen molar-refractivity contribution in [2.24, 2.45) is 0 Å². The van der Waals surface area contributed by atoms with Gasteiger partial charge in [-0.15, -0.1) is 11.3 Å². The van der Waals surface area contributed by atoms with Crippen LogP contribution in [0.25, 0.3) is 0 Å². The van der Waals surface area contributed by atoms with E-state index in [4.69, 9.17) is 0 Å². The minimum Gasteiger partial charge on any atom is -0.336 e. The van der Waals surface area contributed by atoms with E-state index in [0.717, 1.165) is 18.8 Å². The molecule has 1 atom stereocenters. The van der Waals surface area contributed by atoms with E-state index in [1.807, 2.05) is 18.4 Å². The summed E-state index contributed by atoms with van der Waals surface area (Å²) in [5, 5.41) is 8.35. The predicted octanol–water partition coefficient (Wildman–Crippen LogP) is 3.41. The SMILES string of the molecule is Cc1csc(NC(=O)NCC(c2ccccc2)N2CCCC2)n1. The van der Waals surface area contributed by atoms with Crippen LogP contribution < -0.4 is 10.6 Å². The van der Waals surface area contributed by atoms with Crippen LogP contribution in [0.2, 0.25) is 0 Å². The van der Waals surface area contributed by atoms with E-state index in [0.29, 0.717) is 11.7 Å². The van der Waals surface area contributed by atoms with Crippen molar-refractivity contribution in [3.8, 4) is 0 Å². The maximum atomic E-state index is 12.1. The van der Waals surface area contributed by atoms with Gasteiger partial charge in [0.2, 0.25) is 0 Å². The molecule has 2 heterocycles. The van der Waals surface area contributed by atoms with Crippen molar-refractivity contribution >= 4 is 22.5 Å². The zero-order valence-electron chi connectivity index (χ0n) is 13.3. The maximum Gasteiger partial charge on any atom is 0.321 e. The molecule has 0 aliphatic carbocycles. The molecule has 1 unspecified atom stereocenters. The van der Waals surface area contributed by atoms with E-state index in [2.05, 4.69) is 44.8 Å². The number of anilines is 1. The number of hydrogen-bond acceptors (Lipinski definition) is 4. The third-order valence-electron chi connectivity index (χ3n) is 4.06. The van der Waals surface area contributed by atoms with Gasteiger partial charge in [0.15, 0.2) is 5.13 Å². The molecule has 0 spiro atoms. The molecule has 2 amide bonds. The van der Waals surface area contributed by atoms with Gasteiger partial charge in [0.05, 0.1) is 11.7 Å². The molecule has 5 nitrogen and oxygen atoms in total. The Labute approximate surface area is 140 Å².